The fourth-order valence-electron chi connectivity index (χ4n) is 5.13. The van der Waals surface area contributed by atoms with E-state index < -0.39 is 0 Å². The summed E-state index contributed by atoms with van der Waals surface area (Å²) < 4.78 is 6.71. The number of nitrogens with one attached hydrogen (secondary N) is 1. The molecule has 1 saturated carbocycles. The van der Waals surface area contributed by atoms with Crippen molar-refractivity contribution in [3.05, 3.63) is 76.3 Å². The fraction of sp³-hybridized carbons (Fsp3) is 0.414. The molecule has 0 radical (unpaired) electrons. The zero-order valence-corrected chi connectivity index (χ0v) is 22.4. The molecule has 0 aliphatic heterocycles. The lowest BCUT2D eigenvalue weighted by molar-refractivity contribution is -0.131. The van der Waals surface area contributed by atoms with E-state index in [1.54, 1.807) is 25.4 Å². The Labute approximate surface area is 223 Å². The number of nitrogens with zero attached hydrogens (tertiary/aromatic N) is 5. The average Bonchev–Trinajstić information content (AvgIpc) is 3.33. The van der Waals surface area contributed by atoms with Crippen LogP contribution >= 0.6 is 0 Å². The van der Waals surface area contributed by atoms with E-state index in [0.717, 1.165) is 55.5 Å². The first kappa shape index (κ1) is 27.0. The van der Waals surface area contributed by atoms with Crippen LogP contribution in [0.25, 0.3) is 18.2 Å². The Kier molecular flexibility index (Phi) is 8.89. The Bertz CT molecular complexity index is 1340. The molecule has 0 aromatic carbocycles. The molecule has 38 heavy (non-hydrogen) atoms. The second-order valence-electron chi connectivity index (χ2n) is 9.63. The van der Waals surface area contributed by atoms with Gasteiger partial charge in [-0.2, -0.15) is 0 Å². The first-order chi connectivity index (χ1) is 18.4. The number of hydrogen-bond acceptors (Lipinski definition) is 7. The molecule has 1 aliphatic rings. The predicted octanol–water partition coefficient (Wildman–Crippen LogP) is 4.80. The van der Waals surface area contributed by atoms with Crippen molar-refractivity contribution in [2.75, 3.05) is 11.9 Å². The lowest BCUT2D eigenvalue weighted by atomic mass is 10.0. The largest absolute Gasteiger partial charge is 0.432 e. The molecule has 9 heteroatoms. The highest BCUT2D eigenvalue weighted by atomic mass is 16.4. The number of aromatic nitrogens is 4. The highest BCUT2D eigenvalue weighted by molar-refractivity contribution is 5.73. The summed E-state index contributed by atoms with van der Waals surface area (Å²) in [5.74, 6) is 0.673. The molecular weight excluding hydrogens is 480 g/mol. The van der Waals surface area contributed by atoms with Crippen molar-refractivity contribution in [1.29, 1.82) is 0 Å². The summed E-state index contributed by atoms with van der Waals surface area (Å²) in [4.78, 5) is 40.5. The van der Waals surface area contributed by atoms with Gasteiger partial charge >= 0.3 is 6.01 Å². The van der Waals surface area contributed by atoms with Gasteiger partial charge in [0, 0.05) is 49.1 Å². The number of aryl methyl sites for hydroxylation is 1. The van der Waals surface area contributed by atoms with Gasteiger partial charge in [-0.05, 0) is 57.2 Å². The van der Waals surface area contributed by atoms with E-state index in [0.29, 0.717) is 17.9 Å². The number of pyridine rings is 1. The lowest BCUT2D eigenvalue weighted by Gasteiger charge is -2.31. The molecule has 4 rings (SSSR count). The van der Waals surface area contributed by atoms with Gasteiger partial charge < -0.3 is 14.6 Å². The highest BCUT2D eigenvalue weighted by Gasteiger charge is 2.26. The van der Waals surface area contributed by atoms with E-state index in [9.17, 15) is 9.59 Å². The van der Waals surface area contributed by atoms with Crippen LogP contribution in [0.5, 0.6) is 0 Å². The molecule has 2 unspecified atom stereocenters. The number of carbonyl (C=O) groups excluding carboxylic acids is 1. The van der Waals surface area contributed by atoms with Crippen LogP contribution in [0.15, 0.2) is 52.8 Å². The van der Waals surface area contributed by atoms with Gasteiger partial charge in [0.1, 0.15) is 6.26 Å². The number of rotatable bonds is 9. The summed E-state index contributed by atoms with van der Waals surface area (Å²) >= 11 is 0. The van der Waals surface area contributed by atoms with Crippen LogP contribution in [0.4, 0.5) is 5.95 Å². The third-order valence-corrected chi connectivity index (χ3v) is 7.13. The zero-order valence-electron chi connectivity index (χ0n) is 22.4. The normalized spacial score (nSPS) is 17.8. The Morgan fingerprint density at radius 1 is 1.32 bits per heavy atom. The van der Waals surface area contributed by atoms with E-state index >= 15 is 0 Å². The van der Waals surface area contributed by atoms with Crippen molar-refractivity contribution in [2.45, 2.75) is 71.4 Å². The molecular formula is C29H36N6O3. The second kappa shape index (κ2) is 12.5. The van der Waals surface area contributed by atoms with Crippen molar-refractivity contribution in [2.24, 2.45) is 0 Å². The van der Waals surface area contributed by atoms with Crippen LogP contribution in [0.2, 0.25) is 0 Å². The molecule has 2 atom stereocenters. The van der Waals surface area contributed by atoms with Gasteiger partial charge in [-0.15, -0.1) is 0 Å². The van der Waals surface area contributed by atoms with Crippen LogP contribution in [0, 0.1) is 6.92 Å². The minimum Gasteiger partial charge on any atom is -0.432 e. The maximum Gasteiger partial charge on any atom is 0.308 e. The van der Waals surface area contributed by atoms with Gasteiger partial charge in [-0.25, -0.2) is 19.5 Å². The number of amides is 1. The number of hydrogen-bond donors (Lipinski definition) is 1. The van der Waals surface area contributed by atoms with E-state index in [4.69, 9.17) is 9.40 Å². The summed E-state index contributed by atoms with van der Waals surface area (Å²) in [6.45, 7) is 10.2. The molecule has 1 N–H and O–H groups in total. The molecule has 1 fully saturated rings. The minimum atomic E-state index is -0.166. The summed E-state index contributed by atoms with van der Waals surface area (Å²) in [5.41, 5.74) is 2.92. The summed E-state index contributed by atoms with van der Waals surface area (Å²) in [6, 6.07) is 2.52. The molecule has 1 aliphatic carbocycles. The second-order valence-corrected chi connectivity index (χ2v) is 9.63. The molecule has 200 valence electrons. The highest BCUT2D eigenvalue weighted by Crippen LogP contribution is 2.25. The number of allylic oxidation sites excluding steroid dienone is 1. The molecule has 0 spiro atoms. The third kappa shape index (κ3) is 6.27. The maximum absolute atomic E-state index is 13.0. The van der Waals surface area contributed by atoms with Gasteiger partial charge in [0.05, 0.1) is 11.9 Å². The SMILES string of the molecule is C=Cc1cnc(NC2CCCCC(N(CC)C(C)=O)C2)nc1/C=C\Cc1c(C)ccn(-c2ncco2)c1=O. The van der Waals surface area contributed by atoms with Gasteiger partial charge in [-0.1, -0.05) is 31.6 Å². The molecule has 3 aromatic rings. The maximum atomic E-state index is 13.0. The smallest absolute Gasteiger partial charge is 0.308 e. The van der Waals surface area contributed by atoms with Crippen molar-refractivity contribution in [1.82, 2.24) is 24.4 Å². The van der Waals surface area contributed by atoms with Crippen molar-refractivity contribution >= 4 is 24.0 Å². The lowest BCUT2D eigenvalue weighted by Crippen LogP contribution is -2.41. The monoisotopic (exact) mass is 516 g/mol. The molecule has 0 bridgehead atoms. The fourth-order valence-corrected chi connectivity index (χ4v) is 5.13. The number of oxazole rings is 1. The minimum absolute atomic E-state index is 0.123. The summed E-state index contributed by atoms with van der Waals surface area (Å²) in [5, 5.41) is 3.51. The summed E-state index contributed by atoms with van der Waals surface area (Å²) in [6.07, 6.45) is 17.5. The molecule has 1 amide bonds. The first-order valence-electron chi connectivity index (χ1n) is 13.2. The molecule has 9 nitrogen and oxygen atoms in total. The standard InChI is InChI=1S/C29H36N6O3/c1-5-22-19-31-28(32-23-10-7-8-11-24(18-23)34(6-2)21(4)36)33-26(22)13-9-12-25-20(3)14-16-35(27(25)37)29-30-15-17-38-29/h5,9,13-17,19,23-24H,1,6-8,10-12,18H2,2-4H3,(H,31,32,33)/b13-9-. The van der Waals surface area contributed by atoms with Gasteiger partial charge in [0.15, 0.2) is 0 Å². The van der Waals surface area contributed by atoms with Crippen LogP contribution < -0.4 is 10.9 Å². The quantitative estimate of drug-likeness (QED) is 0.407. The molecule has 3 heterocycles. The Morgan fingerprint density at radius 3 is 2.84 bits per heavy atom. The topological polar surface area (TPSA) is 106 Å². The zero-order chi connectivity index (χ0) is 27.1. The van der Waals surface area contributed by atoms with E-state index in [1.165, 1.54) is 17.0 Å². The average molecular weight is 517 g/mol. The van der Waals surface area contributed by atoms with Crippen molar-refractivity contribution in [3.8, 4) is 6.01 Å². The third-order valence-electron chi connectivity index (χ3n) is 7.13. The van der Waals surface area contributed by atoms with Gasteiger partial charge in [0.2, 0.25) is 11.9 Å². The van der Waals surface area contributed by atoms with Crippen LogP contribution in [-0.4, -0.2) is 49.0 Å². The van der Waals surface area contributed by atoms with Crippen molar-refractivity contribution in [3.63, 3.8) is 0 Å². The van der Waals surface area contributed by atoms with Crippen LogP contribution in [-0.2, 0) is 11.2 Å². The molecule has 0 saturated heterocycles. The Morgan fingerprint density at radius 2 is 2.13 bits per heavy atom. The van der Waals surface area contributed by atoms with Crippen molar-refractivity contribution < 1.29 is 9.21 Å². The molecule has 3 aromatic heterocycles. The van der Waals surface area contributed by atoms with E-state index in [-0.39, 0.29) is 29.6 Å². The predicted molar refractivity (Wildman–Crippen MR) is 149 cm³/mol. The van der Waals surface area contributed by atoms with Gasteiger partial charge in [0.25, 0.3) is 5.56 Å². The first-order valence-corrected chi connectivity index (χ1v) is 13.2. The van der Waals surface area contributed by atoms with E-state index in [2.05, 4.69) is 21.9 Å². The van der Waals surface area contributed by atoms with Crippen LogP contribution in [0.1, 0.15) is 68.3 Å². The van der Waals surface area contributed by atoms with Crippen LogP contribution in [0.3, 0.4) is 0 Å². The summed E-state index contributed by atoms with van der Waals surface area (Å²) in [7, 11) is 0. The van der Waals surface area contributed by atoms with E-state index in [1.807, 2.05) is 37.0 Å². The number of anilines is 1. The Balaban J connectivity index is 1.51. The Hall–Kier alpha value is -4.01. The van der Waals surface area contributed by atoms with Gasteiger partial charge in [-0.3, -0.25) is 9.59 Å². The number of carbonyl (C=O) groups is 1.